The van der Waals surface area contributed by atoms with E-state index < -0.39 is 10.9 Å². The van der Waals surface area contributed by atoms with E-state index in [1.165, 1.54) is 0 Å². The largest absolute Gasteiger partial charge is 0.497 e. The van der Waals surface area contributed by atoms with Gasteiger partial charge in [0.2, 0.25) is 10.9 Å². The van der Waals surface area contributed by atoms with Crippen LogP contribution >= 0.6 is 0 Å². The van der Waals surface area contributed by atoms with E-state index in [-0.39, 0.29) is 0 Å². The Balaban J connectivity index is 1.89. The molecular formula is C16H14N2O4S. The van der Waals surface area contributed by atoms with Gasteiger partial charge in [-0.15, -0.1) is 0 Å². The number of nitrogens with zero attached hydrogens (tertiary/aromatic N) is 1. The Kier molecular flexibility index (Phi) is 4.29. The summed E-state index contributed by atoms with van der Waals surface area (Å²) in [6, 6.07) is 14.0. The summed E-state index contributed by atoms with van der Waals surface area (Å²) in [4.78, 5) is 4.30. The fourth-order valence-corrected chi connectivity index (χ4v) is 2.51. The summed E-state index contributed by atoms with van der Waals surface area (Å²) in [5.41, 5.74) is 1.25. The fraction of sp³-hybridized carbons (Fsp3) is 0.0625. The third kappa shape index (κ3) is 3.51. The van der Waals surface area contributed by atoms with Crippen LogP contribution in [0.25, 0.3) is 10.9 Å². The van der Waals surface area contributed by atoms with Gasteiger partial charge in [-0.05, 0) is 42.5 Å². The van der Waals surface area contributed by atoms with Crippen molar-refractivity contribution in [1.82, 2.24) is 4.98 Å². The smallest absolute Gasteiger partial charge is 0.222 e. The topological polar surface area (TPSA) is 77.5 Å². The van der Waals surface area contributed by atoms with E-state index in [4.69, 9.17) is 9.47 Å². The van der Waals surface area contributed by atoms with Gasteiger partial charge >= 0.3 is 0 Å². The zero-order valence-electron chi connectivity index (χ0n) is 12.2. The second kappa shape index (κ2) is 6.53. The van der Waals surface area contributed by atoms with Crippen molar-refractivity contribution in [1.29, 1.82) is 0 Å². The monoisotopic (exact) mass is 330 g/mol. The average molecular weight is 330 g/mol. The zero-order chi connectivity index (χ0) is 16.2. The molecular weight excluding hydrogens is 316 g/mol. The van der Waals surface area contributed by atoms with Gasteiger partial charge in [0.15, 0.2) is 0 Å². The molecule has 0 bridgehead atoms. The van der Waals surface area contributed by atoms with E-state index in [0.717, 1.165) is 16.7 Å². The molecule has 0 aliphatic rings. The Morgan fingerprint density at radius 1 is 1.00 bits per heavy atom. The molecule has 0 radical (unpaired) electrons. The number of hydrogen-bond acceptors (Lipinski definition) is 5. The molecule has 0 aliphatic carbocycles. The summed E-state index contributed by atoms with van der Waals surface area (Å²) in [5.74, 6) is 1.98. The van der Waals surface area contributed by atoms with Gasteiger partial charge in [-0.25, -0.2) is 8.42 Å². The maximum Gasteiger partial charge on any atom is 0.222 e. The van der Waals surface area contributed by atoms with Crippen LogP contribution in [0.5, 0.6) is 17.2 Å². The number of aromatic nitrogens is 1. The van der Waals surface area contributed by atoms with E-state index >= 15 is 0 Å². The van der Waals surface area contributed by atoms with Crippen molar-refractivity contribution in [2.75, 3.05) is 11.8 Å². The predicted molar refractivity (Wildman–Crippen MR) is 88.7 cm³/mol. The van der Waals surface area contributed by atoms with Crippen LogP contribution in [0.2, 0.25) is 0 Å². The van der Waals surface area contributed by atoms with Gasteiger partial charge in [0.25, 0.3) is 0 Å². The minimum Gasteiger partial charge on any atom is -0.497 e. The number of hydrogen-bond donors (Lipinski definition) is 2. The van der Waals surface area contributed by atoms with Crippen molar-refractivity contribution in [3.05, 3.63) is 54.7 Å². The van der Waals surface area contributed by atoms with Gasteiger partial charge < -0.3 is 9.47 Å². The molecule has 0 spiro atoms. The van der Waals surface area contributed by atoms with Crippen LogP contribution in [0.15, 0.2) is 54.7 Å². The number of ether oxygens (including phenoxy) is 2. The molecule has 118 valence electrons. The maximum absolute atomic E-state index is 10.6. The molecule has 0 unspecified atom stereocenters. The number of methoxy groups -OCH3 is 1. The highest BCUT2D eigenvalue weighted by Crippen LogP contribution is 2.31. The van der Waals surface area contributed by atoms with Crippen molar-refractivity contribution >= 4 is 27.5 Å². The highest BCUT2D eigenvalue weighted by atomic mass is 32.2. The van der Waals surface area contributed by atoms with Crippen molar-refractivity contribution in [3.63, 3.8) is 0 Å². The minimum atomic E-state index is -2.67. The number of pyridine rings is 1. The van der Waals surface area contributed by atoms with Crippen LogP contribution in [-0.2, 0) is 10.9 Å². The van der Waals surface area contributed by atoms with Gasteiger partial charge in [-0.2, -0.15) is 0 Å². The van der Waals surface area contributed by atoms with Crippen molar-refractivity contribution in [2.24, 2.45) is 0 Å². The summed E-state index contributed by atoms with van der Waals surface area (Å²) in [7, 11) is -1.07. The Labute approximate surface area is 134 Å². The Morgan fingerprint density at radius 3 is 2.43 bits per heavy atom. The SMILES string of the molecule is COc1ccc2c(Oc3ccc(N[SH](=O)=O)cc3)ccnc2c1. The summed E-state index contributed by atoms with van der Waals surface area (Å²) in [6.07, 6.45) is 1.66. The average Bonchev–Trinajstić information content (AvgIpc) is 2.56. The molecule has 0 saturated heterocycles. The molecule has 0 amide bonds. The Bertz CT molecular complexity index is 900. The number of benzene rings is 2. The third-order valence-electron chi connectivity index (χ3n) is 3.21. The number of thiol groups is 1. The second-order valence-corrected chi connectivity index (χ2v) is 5.43. The first-order valence-corrected chi connectivity index (χ1v) is 7.95. The molecule has 7 heteroatoms. The van der Waals surface area contributed by atoms with E-state index in [1.54, 1.807) is 43.6 Å². The van der Waals surface area contributed by atoms with Crippen molar-refractivity contribution in [2.45, 2.75) is 0 Å². The van der Waals surface area contributed by atoms with Crippen molar-refractivity contribution in [3.8, 4) is 17.2 Å². The van der Waals surface area contributed by atoms with E-state index in [0.29, 0.717) is 17.2 Å². The fourth-order valence-electron chi connectivity index (χ4n) is 2.15. The van der Waals surface area contributed by atoms with Crippen LogP contribution in [0, 0.1) is 0 Å². The third-order valence-corrected chi connectivity index (χ3v) is 3.65. The van der Waals surface area contributed by atoms with E-state index in [2.05, 4.69) is 9.71 Å². The lowest BCUT2D eigenvalue weighted by atomic mass is 10.2. The normalized spacial score (nSPS) is 10.7. The highest BCUT2D eigenvalue weighted by molar-refractivity contribution is 7.73. The highest BCUT2D eigenvalue weighted by Gasteiger charge is 2.06. The Morgan fingerprint density at radius 2 is 1.74 bits per heavy atom. The van der Waals surface area contributed by atoms with Crippen LogP contribution in [0.1, 0.15) is 0 Å². The molecule has 0 aliphatic heterocycles. The summed E-state index contributed by atoms with van der Waals surface area (Å²) >= 11 is 0. The van der Waals surface area contributed by atoms with Crippen LogP contribution in [-0.4, -0.2) is 20.5 Å². The molecule has 23 heavy (non-hydrogen) atoms. The van der Waals surface area contributed by atoms with E-state index in [1.807, 2.05) is 18.2 Å². The second-order valence-electron chi connectivity index (χ2n) is 4.69. The Hall–Kier alpha value is -2.80. The molecule has 1 aromatic heterocycles. The summed E-state index contributed by atoms with van der Waals surface area (Å²) < 4.78 is 34.6. The quantitative estimate of drug-likeness (QED) is 0.703. The molecule has 0 atom stereocenters. The van der Waals surface area contributed by atoms with Crippen LogP contribution in [0.4, 0.5) is 5.69 Å². The summed E-state index contributed by atoms with van der Waals surface area (Å²) in [6.45, 7) is 0. The maximum atomic E-state index is 10.6. The molecule has 0 saturated carbocycles. The lowest BCUT2D eigenvalue weighted by Gasteiger charge is -2.10. The predicted octanol–water partition coefficient (Wildman–Crippen LogP) is 2.97. The molecule has 0 fully saturated rings. The minimum absolute atomic E-state index is 0.484. The first-order valence-electron chi connectivity index (χ1n) is 6.77. The zero-order valence-corrected chi connectivity index (χ0v) is 13.1. The molecule has 6 nitrogen and oxygen atoms in total. The standard InChI is InChI=1S/C16H14N2O4S/c1-21-13-6-7-14-15(10-13)17-9-8-16(14)22-12-4-2-11(3-5-12)18-23(19)20/h2-10,23H,1H3,(H,18,19,20). The molecule has 3 aromatic rings. The first kappa shape index (κ1) is 15.1. The van der Waals surface area contributed by atoms with Crippen LogP contribution < -0.4 is 14.2 Å². The van der Waals surface area contributed by atoms with Gasteiger partial charge in [-0.3, -0.25) is 9.71 Å². The number of anilines is 1. The molecule has 1 N–H and O–H groups in total. The number of nitrogens with one attached hydrogen (secondary N) is 1. The number of rotatable bonds is 5. The van der Waals surface area contributed by atoms with E-state index in [9.17, 15) is 8.42 Å². The molecule has 2 aromatic carbocycles. The number of fused-ring (bicyclic) bond motifs is 1. The van der Waals surface area contributed by atoms with Gasteiger partial charge in [0.1, 0.15) is 17.2 Å². The molecule has 3 rings (SSSR count). The van der Waals surface area contributed by atoms with Gasteiger partial charge in [0.05, 0.1) is 12.6 Å². The lowest BCUT2D eigenvalue weighted by Crippen LogP contribution is -1.94. The summed E-state index contributed by atoms with van der Waals surface area (Å²) in [5, 5.41) is 0.859. The first-order chi connectivity index (χ1) is 11.2. The van der Waals surface area contributed by atoms with Crippen LogP contribution in [0.3, 0.4) is 0 Å². The molecule has 1 heterocycles. The van der Waals surface area contributed by atoms with Crippen molar-refractivity contribution < 1.29 is 17.9 Å². The lowest BCUT2D eigenvalue weighted by molar-refractivity contribution is 0.415. The van der Waals surface area contributed by atoms with Gasteiger partial charge in [0, 0.05) is 23.3 Å². The van der Waals surface area contributed by atoms with Gasteiger partial charge in [-0.1, -0.05) is 0 Å².